The molecule has 5 rings (SSSR count). The number of piperazine rings is 1. The summed E-state index contributed by atoms with van der Waals surface area (Å²) in [6.07, 6.45) is 1.77. The molecule has 0 bridgehead atoms. The van der Waals surface area contributed by atoms with Crippen molar-refractivity contribution in [1.29, 1.82) is 0 Å². The maximum atomic E-state index is 12.2. The average Bonchev–Trinajstić information content (AvgIpc) is 3.22. The van der Waals surface area contributed by atoms with Gasteiger partial charge >= 0.3 is 11.6 Å². The fraction of sp³-hybridized carbons (Fsp3) is 0.280. The summed E-state index contributed by atoms with van der Waals surface area (Å²) in [5, 5.41) is 15.7. The third-order valence-electron chi connectivity index (χ3n) is 6.37. The molecule has 1 fully saturated rings. The summed E-state index contributed by atoms with van der Waals surface area (Å²) >= 11 is 6.16. The Hall–Kier alpha value is -3.33. The molecule has 34 heavy (non-hydrogen) atoms. The zero-order valence-electron chi connectivity index (χ0n) is 18.5. The zero-order chi connectivity index (χ0) is 23.7. The van der Waals surface area contributed by atoms with Crippen LogP contribution in [0.15, 0.2) is 63.9 Å². The predicted molar refractivity (Wildman–Crippen MR) is 133 cm³/mol. The first-order valence-corrected chi connectivity index (χ1v) is 11.6. The van der Waals surface area contributed by atoms with Crippen molar-refractivity contribution in [3.63, 3.8) is 0 Å². The van der Waals surface area contributed by atoms with Gasteiger partial charge in [0.15, 0.2) is 0 Å². The number of carboxylic acid groups (broad SMARTS) is 1. The monoisotopic (exact) mass is 480 g/mol. The van der Waals surface area contributed by atoms with Crippen molar-refractivity contribution in [2.45, 2.75) is 6.04 Å². The molecular formula is C25H25ClN4O4. The molecule has 3 heterocycles. The standard InChI is InChI=1S/C25H25ClN4O4/c26-16-5-6-20-18(13-16)19(15-28-20)24(25(32)33)30-11-9-29(10-12-30)8-7-27-21-14-23(31)34-22-4-2-1-3-17(21)22/h1-6,13-15,24,27-28H,7-12H2,(H,32,33). The molecule has 0 radical (unpaired) electrons. The molecule has 1 saturated heterocycles. The van der Waals surface area contributed by atoms with E-state index in [4.69, 9.17) is 16.0 Å². The number of aromatic amines is 1. The van der Waals surface area contributed by atoms with Gasteiger partial charge in [0, 0.05) is 78.4 Å². The molecule has 8 nitrogen and oxygen atoms in total. The van der Waals surface area contributed by atoms with Crippen LogP contribution in [-0.4, -0.2) is 65.1 Å². The Balaban J connectivity index is 1.22. The molecule has 3 N–H and O–H groups in total. The minimum Gasteiger partial charge on any atom is -0.480 e. The molecule has 176 valence electrons. The molecule has 9 heteroatoms. The third-order valence-corrected chi connectivity index (χ3v) is 6.60. The first kappa shape index (κ1) is 22.5. The summed E-state index contributed by atoms with van der Waals surface area (Å²) < 4.78 is 5.25. The van der Waals surface area contributed by atoms with Crippen LogP contribution in [0.4, 0.5) is 5.69 Å². The highest BCUT2D eigenvalue weighted by molar-refractivity contribution is 6.31. The van der Waals surface area contributed by atoms with E-state index in [0.717, 1.165) is 47.2 Å². The smallest absolute Gasteiger partial charge is 0.338 e. The van der Waals surface area contributed by atoms with Gasteiger partial charge in [0.05, 0.1) is 5.69 Å². The van der Waals surface area contributed by atoms with E-state index >= 15 is 0 Å². The van der Waals surface area contributed by atoms with Crippen LogP contribution in [0.3, 0.4) is 0 Å². The molecule has 1 aliphatic heterocycles. The summed E-state index contributed by atoms with van der Waals surface area (Å²) in [5.74, 6) is -0.870. The number of anilines is 1. The topological polar surface area (TPSA) is 102 Å². The molecule has 4 aromatic rings. The van der Waals surface area contributed by atoms with Crippen LogP contribution in [0, 0.1) is 0 Å². The highest BCUT2D eigenvalue weighted by Gasteiger charge is 2.32. The van der Waals surface area contributed by atoms with Gasteiger partial charge in [-0.05, 0) is 30.3 Å². The number of carbonyl (C=O) groups is 1. The van der Waals surface area contributed by atoms with Gasteiger partial charge in [-0.2, -0.15) is 0 Å². The van der Waals surface area contributed by atoms with Crippen LogP contribution in [0.25, 0.3) is 21.9 Å². The summed E-state index contributed by atoms with van der Waals surface area (Å²) in [4.78, 5) is 31.5. The van der Waals surface area contributed by atoms with E-state index in [9.17, 15) is 14.7 Å². The molecule has 0 saturated carbocycles. The third kappa shape index (κ3) is 4.52. The Morgan fingerprint density at radius 2 is 1.91 bits per heavy atom. The normalized spacial score (nSPS) is 16.1. The van der Waals surface area contributed by atoms with E-state index in [2.05, 4.69) is 15.2 Å². The Morgan fingerprint density at radius 3 is 2.71 bits per heavy atom. The van der Waals surface area contributed by atoms with Gasteiger partial charge in [-0.25, -0.2) is 4.79 Å². The van der Waals surface area contributed by atoms with Crippen LogP contribution in [0.2, 0.25) is 5.02 Å². The minimum absolute atomic E-state index is 0.381. The average molecular weight is 481 g/mol. The van der Waals surface area contributed by atoms with E-state index in [1.54, 1.807) is 18.3 Å². The lowest BCUT2D eigenvalue weighted by Gasteiger charge is -2.37. The number of fused-ring (bicyclic) bond motifs is 2. The maximum absolute atomic E-state index is 12.2. The van der Waals surface area contributed by atoms with E-state index in [1.165, 1.54) is 6.07 Å². The molecule has 0 amide bonds. The molecule has 1 aliphatic rings. The number of para-hydroxylation sites is 1. The summed E-state index contributed by atoms with van der Waals surface area (Å²) in [6.45, 7) is 4.24. The second kappa shape index (κ2) is 9.50. The highest BCUT2D eigenvalue weighted by atomic mass is 35.5. The molecule has 0 spiro atoms. The summed E-state index contributed by atoms with van der Waals surface area (Å²) in [6, 6.07) is 13.7. The number of carboxylic acids is 1. The number of hydrogen-bond donors (Lipinski definition) is 3. The lowest BCUT2D eigenvalue weighted by Crippen LogP contribution is -2.50. The van der Waals surface area contributed by atoms with Crippen molar-refractivity contribution in [2.24, 2.45) is 0 Å². The Kier molecular flexibility index (Phi) is 6.28. The van der Waals surface area contributed by atoms with Crippen molar-refractivity contribution >= 4 is 45.1 Å². The molecule has 2 aromatic heterocycles. The molecule has 1 unspecified atom stereocenters. The lowest BCUT2D eigenvalue weighted by atomic mass is 10.0. The van der Waals surface area contributed by atoms with Crippen LogP contribution >= 0.6 is 11.6 Å². The van der Waals surface area contributed by atoms with Gasteiger partial charge in [0.2, 0.25) is 0 Å². The first-order valence-electron chi connectivity index (χ1n) is 11.2. The van der Waals surface area contributed by atoms with Gasteiger partial charge in [0.25, 0.3) is 0 Å². The molecule has 1 atom stereocenters. The SMILES string of the molecule is O=C(O)C(c1c[nH]c2ccc(Cl)cc12)N1CCN(CCNc2cc(=O)oc3ccccc23)CC1. The summed E-state index contributed by atoms with van der Waals surface area (Å²) in [7, 11) is 0. The fourth-order valence-corrected chi connectivity index (χ4v) is 4.85. The van der Waals surface area contributed by atoms with E-state index in [0.29, 0.717) is 30.2 Å². The maximum Gasteiger partial charge on any atom is 0.338 e. The number of nitrogens with one attached hydrogen (secondary N) is 2. The fourth-order valence-electron chi connectivity index (χ4n) is 4.68. The highest BCUT2D eigenvalue weighted by Crippen LogP contribution is 2.31. The number of aliphatic carboxylic acids is 1. The van der Waals surface area contributed by atoms with Gasteiger partial charge in [-0.3, -0.25) is 14.6 Å². The Bertz CT molecular complexity index is 1390. The van der Waals surface area contributed by atoms with Crippen LogP contribution in [-0.2, 0) is 4.79 Å². The number of rotatable bonds is 7. The zero-order valence-corrected chi connectivity index (χ0v) is 19.2. The number of nitrogens with zero attached hydrogens (tertiary/aromatic N) is 2. The summed E-state index contributed by atoms with van der Waals surface area (Å²) in [5.41, 5.74) is 2.54. The Morgan fingerprint density at radius 1 is 1.12 bits per heavy atom. The first-order chi connectivity index (χ1) is 16.5. The van der Waals surface area contributed by atoms with Crippen molar-refractivity contribution in [1.82, 2.24) is 14.8 Å². The van der Waals surface area contributed by atoms with Gasteiger partial charge in [-0.1, -0.05) is 23.7 Å². The van der Waals surface area contributed by atoms with E-state index < -0.39 is 12.0 Å². The quantitative estimate of drug-likeness (QED) is 0.346. The molecule has 2 aromatic carbocycles. The molecular weight excluding hydrogens is 456 g/mol. The Labute approximate surface area is 200 Å². The van der Waals surface area contributed by atoms with Gasteiger partial charge in [-0.15, -0.1) is 0 Å². The minimum atomic E-state index is -0.870. The van der Waals surface area contributed by atoms with Gasteiger partial charge in [0.1, 0.15) is 11.6 Å². The van der Waals surface area contributed by atoms with Crippen LogP contribution in [0.5, 0.6) is 0 Å². The van der Waals surface area contributed by atoms with E-state index in [1.807, 2.05) is 35.2 Å². The van der Waals surface area contributed by atoms with Crippen molar-refractivity contribution < 1.29 is 14.3 Å². The predicted octanol–water partition coefficient (Wildman–Crippen LogP) is 3.78. The lowest BCUT2D eigenvalue weighted by molar-refractivity contribution is -0.144. The second-order valence-electron chi connectivity index (χ2n) is 8.45. The number of hydrogen-bond acceptors (Lipinski definition) is 6. The number of halogens is 1. The second-order valence-corrected chi connectivity index (χ2v) is 8.89. The van der Waals surface area contributed by atoms with E-state index in [-0.39, 0.29) is 5.63 Å². The van der Waals surface area contributed by atoms with Crippen molar-refractivity contribution in [3.05, 3.63) is 75.7 Å². The van der Waals surface area contributed by atoms with Crippen LogP contribution < -0.4 is 10.9 Å². The van der Waals surface area contributed by atoms with Crippen molar-refractivity contribution in [2.75, 3.05) is 44.6 Å². The number of H-pyrrole nitrogens is 1. The number of benzene rings is 2. The van der Waals surface area contributed by atoms with Crippen LogP contribution in [0.1, 0.15) is 11.6 Å². The largest absolute Gasteiger partial charge is 0.480 e. The van der Waals surface area contributed by atoms with Crippen molar-refractivity contribution in [3.8, 4) is 0 Å². The number of aromatic nitrogens is 1. The molecule has 0 aliphatic carbocycles. The van der Waals surface area contributed by atoms with Gasteiger partial charge < -0.3 is 19.8 Å².